The van der Waals surface area contributed by atoms with E-state index in [1.807, 2.05) is 42.8 Å². The van der Waals surface area contributed by atoms with Crippen molar-refractivity contribution in [3.8, 4) is 5.82 Å². The first-order chi connectivity index (χ1) is 6.79. The van der Waals surface area contributed by atoms with Gasteiger partial charge in [-0.1, -0.05) is 0 Å². The number of pyridine rings is 1. The van der Waals surface area contributed by atoms with Crippen molar-refractivity contribution in [1.82, 2.24) is 9.97 Å². The molecule has 0 fully saturated rings. The lowest BCUT2D eigenvalue weighted by molar-refractivity contribution is -0.610. The minimum Gasteiger partial charge on any atom is -0.204 e. The molecular weight excluding hydrogens is 174 g/mol. The average Bonchev–Trinajstić information content (AvgIpc) is 2.20. The van der Waals surface area contributed by atoms with Gasteiger partial charge >= 0.3 is 0 Å². The van der Waals surface area contributed by atoms with Crippen molar-refractivity contribution in [3.63, 3.8) is 0 Å². The summed E-state index contributed by atoms with van der Waals surface area (Å²) in [5.74, 6) is 1.88. The molecule has 0 aliphatic carbocycles. The van der Waals surface area contributed by atoms with Crippen LogP contribution in [0.25, 0.3) is 5.82 Å². The van der Waals surface area contributed by atoms with E-state index < -0.39 is 0 Å². The second-order valence-corrected chi connectivity index (χ2v) is 3.18. The molecule has 0 saturated carbocycles. The van der Waals surface area contributed by atoms with Crippen LogP contribution in [-0.4, -0.2) is 9.97 Å². The van der Waals surface area contributed by atoms with E-state index in [-0.39, 0.29) is 0 Å². The topological polar surface area (TPSA) is 29.7 Å². The third-order valence-electron chi connectivity index (χ3n) is 2.14. The van der Waals surface area contributed by atoms with E-state index in [1.54, 1.807) is 12.4 Å². The lowest BCUT2D eigenvalue weighted by atomic mass is 10.3. The summed E-state index contributed by atoms with van der Waals surface area (Å²) in [5.41, 5.74) is 1.15. The van der Waals surface area contributed by atoms with Gasteiger partial charge in [0.1, 0.15) is 12.4 Å². The molecule has 0 aliphatic heterocycles. The van der Waals surface area contributed by atoms with Gasteiger partial charge in [-0.05, 0) is 19.1 Å². The maximum Gasteiger partial charge on any atom is 0.269 e. The first kappa shape index (κ1) is 8.81. The highest BCUT2D eigenvalue weighted by atomic mass is 15.1. The third kappa shape index (κ3) is 1.48. The molecule has 2 heterocycles. The van der Waals surface area contributed by atoms with Crippen molar-refractivity contribution < 1.29 is 4.57 Å². The van der Waals surface area contributed by atoms with E-state index in [2.05, 4.69) is 9.97 Å². The number of hydrogen-bond donors (Lipinski definition) is 0. The van der Waals surface area contributed by atoms with Crippen LogP contribution in [0.5, 0.6) is 0 Å². The van der Waals surface area contributed by atoms with Crippen LogP contribution < -0.4 is 4.57 Å². The molecule has 0 spiro atoms. The van der Waals surface area contributed by atoms with Gasteiger partial charge in [0.2, 0.25) is 5.82 Å². The highest BCUT2D eigenvalue weighted by Crippen LogP contribution is 2.02. The summed E-state index contributed by atoms with van der Waals surface area (Å²) < 4.78 is 1.98. The van der Waals surface area contributed by atoms with Gasteiger partial charge in [-0.15, -0.1) is 9.97 Å². The Hall–Kier alpha value is -1.77. The molecular formula is C11H12N3+. The third-order valence-corrected chi connectivity index (χ3v) is 2.14. The number of aromatic nitrogens is 3. The zero-order chi connectivity index (χ0) is 9.97. The van der Waals surface area contributed by atoms with E-state index in [9.17, 15) is 0 Å². The summed E-state index contributed by atoms with van der Waals surface area (Å²) >= 11 is 0. The predicted molar refractivity (Wildman–Crippen MR) is 53.0 cm³/mol. The van der Waals surface area contributed by atoms with Gasteiger partial charge in [0.05, 0.1) is 6.20 Å². The van der Waals surface area contributed by atoms with Crippen molar-refractivity contribution in [2.45, 2.75) is 13.8 Å². The van der Waals surface area contributed by atoms with Crippen molar-refractivity contribution in [2.75, 3.05) is 0 Å². The number of hydrogen-bond acceptors (Lipinski definition) is 2. The van der Waals surface area contributed by atoms with Crippen LogP contribution >= 0.6 is 0 Å². The number of rotatable bonds is 1. The van der Waals surface area contributed by atoms with Crippen LogP contribution in [0.3, 0.4) is 0 Å². The van der Waals surface area contributed by atoms with E-state index >= 15 is 0 Å². The Morgan fingerprint density at radius 3 is 2.57 bits per heavy atom. The van der Waals surface area contributed by atoms with Crippen LogP contribution in [0.4, 0.5) is 0 Å². The van der Waals surface area contributed by atoms with Gasteiger partial charge in [-0.25, -0.2) is 4.57 Å². The Kier molecular flexibility index (Phi) is 2.23. The minimum atomic E-state index is 0.939. The first-order valence-electron chi connectivity index (χ1n) is 4.54. The molecule has 3 nitrogen and oxygen atoms in total. The first-order valence-corrected chi connectivity index (χ1v) is 4.54. The Labute approximate surface area is 83.1 Å². The normalized spacial score (nSPS) is 10.1. The van der Waals surface area contributed by atoms with Crippen LogP contribution in [0.2, 0.25) is 0 Å². The molecule has 0 saturated heterocycles. The lowest BCUT2D eigenvalue weighted by Crippen LogP contribution is -2.36. The fourth-order valence-corrected chi connectivity index (χ4v) is 1.40. The number of nitrogens with zero attached hydrogens (tertiary/aromatic N) is 3. The van der Waals surface area contributed by atoms with Gasteiger partial charge in [0.25, 0.3) is 5.82 Å². The van der Waals surface area contributed by atoms with Crippen molar-refractivity contribution in [1.29, 1.82) is 0 Å². The molecule has 0 atom stereocenters. The quantitative estimate of drug-likeness (QED) is 0.629. The second-order valence-electron chi connectivity index (χ2n) is 3.18. The van der Waals surface area contributed by atoms with Gasteiger partial charge < -0.3 is 0 Å². The molecule has 70 valence electrons. The van der Waals surface area contributed by atoms with Crippen LogP contribution in [0.1, 0.15) is 11.4 Å². The van der Waals surface area contributed by atoms with Gasteiger partial charge in [-0.2, -0.15) is 0 Å². The molecule has 0 radical (unpaired) electrons. The molecule has 0 bridgehead atoms. The summed E-state index contributed by atoms with van der Waals surface area (Å²) in [4.78, 5) is 8.55. The summed E-state index contributed by atoms with van der Waals surface area (Å²) in [7, 11) is 0. The molecule has 0 aliphatic rings. The minimum absolute atomic E-state index is 0.939. The van der Waals surface area contributed by atoms with E-state index in [4.69, 9.17) is 0 Å². The van der Waals surface area contributed by atoms with Gasteiger partial charge in [0, 0.05) is 18.6 Å². The maximum absolute atomic E-state index is 4.33. The van der Waals surface area contributed by atoms with Gasteiger partial charge in [-0.3, -0.25) is 0 Å². The summed E-state index contributed by atoms with van der Waals surface area (Å²) in [6.07, 6.45) is 5.55. The van der Waals surface area contributed by atoms with Crippen LogP contribution in [-0.2, 0) is 0 Å². The molecule has 0 N–H and O–H groups in total. The number of aryl methyl sites for hydroxylation is 2. The molecule has 0 amide bonds. The fourth-order valence-electron chi connectivity index (χ4n) is 1.40. The monoisotopic (exact) mass is 186 g/mol. The Bertz CT molecular complexity index is 408. The van der Waals surface area contributed by atoms with E-state index in [0.29, 0.717) is 0 Å². The fraction of sp³-hybridized carbons (Fsp3) is 0.182. The molecule has 2 aromatic heterocycles. The molecule has 0 aromatic carbocycles. The highest BCUT2D eigenvalue weighted by molar-refractivity contribution is 5.23. The lowest BCUT2D eigenvalue weighted by Gasteiger charge is -2.01. The molecule has 3 heteroatoms. The van der Waals surface area contributed by atoms with Gasteiger partial charge in [0.15, 0.2) is 0 Å². The Morgan fingerprint density at radius 2 is 1.86 bits per heavy atom. The highest BCUT2D eigenvalue weighted by Gasteiger charge is 2.10. The molecule has 14 heavy (non-hydrogen) atoms. The Morgan fingerprint density at radius 1 is 1.07 bits per heavy atom. The Balaban J connectivity index is 2.61. The predicted octanol–water partition coefficient (Wildman–Crippen LogP) is 1.37. The largest absolute Gasteiger partial charge is 0.269 e. The van der Waals surface area contributed by atoms with Crippen LogP contribution in [0.15, 0.2) is 36.8 Å². The van der Waals surface area contributed by atoms with Crippen molar-refractivity contribution in [2.24, 2.45) is 0 Å². The molecule has 2 aromatic rings. The SMILES string of the molecule is Cc1cccnc1-[n+]1cccnc1C. The second kappa shape index (κ2) is 3.54. The standard InChI is InChI=1S/C11H12N3/c1-9-5-3-6-13-11(9)14-8-4-7-12-10(14)2/h3-8H,1-2H3/q+1. The maximum atomic E-state index is 4.33. The van der Waals surface area contributed by atoms with Crippen molar-refractivity contribution in [3.05, 3.63) is 48.2 Å². The van der Waals surface area contributed by atoms with E-state index in [0.717, 1.165) is 17.2 Å². The zero-order valence-corrected chi connectivity index (χ0v) is 8.31. The smallest absolute Gasteiger partial charge is 0.204 e. The van der Waals surface area contributed by atoms with Crippen molar-refractivity contribution >= 4 is 0 Å². The summed E-state index contributed by atoms with van der Waals surface area (Å²) in [5, 5.41) is 0. The van der Waals surface area contributed by atoms with E-state index in [1.165, 1.54) is 0 Å². The van der Waals surface area contributed by atoms with Crippen LogP contribution in [0, 0.1) is 13.8 Å². The molecule has 2 rings (SSSR count). The average molecular weight is 186 g/mol. The molecule has 0 unspecified atom stereocenters. The summed E-state index contributed by atoms with van der Waals surface area (Å²) in [6, 6.07) is 5.88. The zero-order valence-electron chi connectivity index (χ0n) is 8.31. The summed E-state index contributed by atoms with van der Waals surface area (Å²) in [6.45, 7) is 4.01.